The van der Waals surface area contributed by atoms with Crippen molar-refractivity contribution in [2.75, 3.05) is 14.1 Å². The van der Waals surface area contributed by atoms with Crippen LogP contribution in [0.3, 0.4) is 0 Å². The van der Waals surface area contributed by atoms with E-state index in [1.165, 1.54) is 13.8 Å². The number of Topliss-reactive ketones (excluding diaryl/α,β-unsaturated/α-hetero) is 1. The highest BCUT2D eigenvalue weighted by Gasteiger charge is 2.56. The molecule has 4 bridgehead atoms. The van der Waals surface area contributed by atoms with Crippen LogP contribution < -0.4 is 0 Å². The Kier molecular flexibility index (Phi) is 10.3. The molecule has 3 N–H and O–H groups in total. The Balaban J connectivity index is 1.82. The van der Waals surface area contributed by atoms with Crippen LogP contribution in [0, 0.1) is 16.7 Å². The van der Waals surface area contributed by atoms with E-state index in [-0.39, 0.29) is 19.3 Å². The third kappa shape index (κ3) is 6.69. The number of hydrogen-bond donors (Lipinski definition) is 3. The van der Waals surface area contributed by atoms with E-state index < -0.39 is 83.1 Å². The summed E-state index contributed by atoms with van der Waals surface area (Å²) in [6.45, 7) is 9.47. The van der Waals surface area contributed by atoms with Crippen molar-refractivity contribution in [3.8, 4) is 0 Å². The highest BCUT2D eigenvalue weighted by molar-refractivity contribution is 5.92. The minimum absolute atomic E-state index is 0.0987. The summed E-state index contributed by atoms with van der Waals surface area (Å²) in [6.07, 6.45) is -5.77. The quantitative estimate of drug-likeness (QED) is 0.228. The van der Waals surface area contributed by atoms with Crippen molar-refractivity contribution in [2.45, 2.75) is 103 Å². The van der Waals surface area contributed by atoms with Crippen molar-refractivity contribution in [2.24, 2.45) is 16.7 Å². The molecule has 11 heteroatoms. The molecule has 0 heterocycles. The Morgan fingerprint density at radius 3 is 2.11 bits per heavy atom. The van der Waals surface area contributed by atoms with E-state index in [4.69, 9.17) is 14.2 Å². The molecule has 0 aliphatic heterocycles. The van der Waals surface area contributed by atoms with E-state index in [0.717, 1.165) is 0 Å². The number of carbonyl (C=O) groups is 4. The molecule has 1 unspecified atom stereocenters. The predicted octanol–water partition coefficient (Wildman–Crippen LogP) is 2.82. The summed E-state index contributed by atoms with van der Waals surface area (Å²) in [5, 5.41) is 34.4. The molecule has 3 aliphatic rings. The first-order valence-corrected chi connectivity index (χ1v) is 15.7. The van der Waals surface area contributed by atoms with Gasteiger partial charge in [-0.3, -0.25) is 19.3 Å². The van der Waals surface area contributed by atoms with Crippen molar-refractivity contribution in [1.82, 2.24) is 4.90 Å². The summed E-state index contributed by atoms with van der Waals surface area (Å²) in [6, 6.07) is 8.28. The van der Waals surface area contributed by atoms with Gasteiger partial charge in [-0.1, -0.05) is 44.2 Å². The number of aliphatic hydroxyl groups excluding tert-OH is 3. The van der Waals surface area contributed by atoms with Crippen LogP contribution in [0.15, 0.2) is 53.1 Å². The lowest BCUT2D eigenvalue weighted by Gasteiger charge is -2.51. The monoisotopic (exact) mass is 641 g/mol. The van der Waals surface area contributed by atoms with Gasteiger partial charge in [-0.05, 0) is 74.6 Å². The summed E-state index contributed by atoms with van der Waals surface area (Å²) in [5.41, 5.74) is -0.440. The number of ketones is 1. The van der Waals surface area contributed by atoms with Gasteiger partial charge in [-0.2, -0.15) is 0 Å². The standard InChI is InChI=1S/C35H47NO10/c1-18-24(44-19(2)37)15-23-26(45-20(3)38)14-22-17-35(6,32(42)30(40)28(18)34(23,4)5)27(39)16-25(22)46-33(43)31(41)29(36(7)8)21-12-10-9-11-13-21/h9-14,23-27,29-31,39-41H,15-17H2,1-8H3/b22-14+/t23?,24-,25-,26-,27-,29-,30+,31+,35-/m0/s1. The lowest BCUT2D eigenvalue weighted by molar-refractivity contribution is -0.167. The van der Waals surface area contributed by atoms with E-state index in [2.05, 4.69) is 0 Å². The van der Waals surface area contributed by atoms with E-state index in [9.17, 15) is 34.5 Å². The number of esters is 3. The van der Waals surface area contributed by atoms with Gasteiger partial charge >= 0.3 is 17.9 Å². The molecule has 0 radical (unpaired) electrons. The summed E-state index contributed by atoms with van der Waals surface area (Å²) in [5.74, 6) is -3.24. The van der Waals surface area contributed by atoms with E-state index >= 15 is 0 Å². The van der Waals surface area contributed by atoms with Gasteiger partial charge < -0.3 is 29.5 Å². The maximum atomic E-state index is 14.2. The molecular weight excluding hydrogens is 594 g/mol. The molecule has 0 spiro atoms. The zero-order chi connectivity index (χ0) is 34.3. The van der Waals surface area contributed by atoms with E-state index in [0.29, 0.717) is 22.3 Å². The maximum absolute atomic E-state index is 14.2. The fraction of sp³-hybridized carbons (Fsp3) is 0.600. The number of aliphatic hydroxyl groups is 3. The number of ether oxygens (including phenoxy) is 3. The second kappa shape index (κ2) is 13.4. The minimum atomic E-state index is -1.65. The van der Waals surface area contributed by atoms with Crippen LogP contribution in [-0.4, -0.2) is 94.6 Å². The largest absolute Gasteiger partial charge is 0.458 e. The molecule has 3 aliphatic carbocycles. The Labute approximate surface area is 270 Å². The number of nitrogens with zero attached hydrogens (tertiary/aromatic N) is 1. The first kappa shape index (κ1) is 35.5. The summed E-state index contributed by atoms with van der Waals surface area (Å²) < 4.78 is 17.4. The van der Waals surface area contributed by atoms with Crippen molar-refractivity contribution < 1.29 is 48.7 Å². The van der Waals surface area contributed by atoms with Gasteiger partial charge in [0.05, 0.1) is 17.6 Å². The van der Waals surface area contributed by atoms with E-state index in [1.807, 2.05) is 19.9 Å². The van der Waals surface area contributed by atoms with Crippen molar-refractivity contribution in [1.29, 1.82) is 0 Å². The summed E-state index contributed by atoms with van der Waals surface area (Å²) in [4.78, 5) is 54.0. The molecule has 252 valence electrons. The van der Waals surface area contributed by atoms with Crippen molar-refractivity contribution in [3.05, 3.63) is 58.7 Å². The molecule has 1 fully saturated rings. The average molecular weight is 642 g/mol. The molecule has 4 rings (SSSR count). The van der Waals surface area contributed by atoms with Crippen LogP contribution >= 0.6 is 0 Å². The fourth-order valence-electron chi connectivity index (χ4n) is 7.67. The van der Waals surface area contributed by atoms with Crippen LogP contribution in [0.25, 0.3) is 0 Å². The van der Waals surface area contributed by atoms with Gasteiger partial charge in [-0.25, -0.2) is 4.79 Å². The topological polar surface area (TPSA) is 160 Å². The Hall–Kier alpha value is -3.38. The van der Waals surface area contributed by atoms with Gasteiger partial charge in [0.15, 0.2) is 11.9 Å². The van der Waals surface area contributed by atoms with Gasteiger partial charge in [0.2, 0.25) is 0 Å². The Morgan fingerprint density at radius 2 is 1.54 bits per heavy atom. The predicted molar refractivity (Wildman–Crippen MR) is 167 cm³/mol. The van der Waals surface area contributed by atoms with Crippen molar-refractivity contribution >= 4 is 23.7 Å². The SMILES string of the molecule is CC(=O)O[C@H]1CC2[C@@H](OC(C)=O)/C=C3\C[C@](C)(C(=O)[C@H](O)C(=C1C)C2(C)C)[C@@H](O)C[C@@H]3OC(=O)[C@H](O)[C@H](c1ccccc1)N(C)C. The van der Waals surface area contributed by atoms with Crippen LogP contribution in [0.4, 0.5) is 0 Å². The van der Waals surface area contributed by atoms with Gasteiger partial charge in [0.25, 0.3) is 0 Å². The minimum Gasteiger partial charge on any atom is -0.458 e. The highest BCUT2D eigenvalue weighted by atomic mass is 16.6. The molecule has 0 saturated heterocycles. The van der Waals surface area contributed by atoms with Crippen LogP contribution in [0.1, 0.15) is 72.4 Å². The van der Waals surface area contributed by atoms with Gasteiger partial charge in [0, 0.05) is 26.2 Å². The molecule has 11 nitrogen and oxygen atoms in total. The van der Waals surface area contributed by atoms with Crippen LogP contribution in [0.5, 0.6) is 0 Å². The first-order chi connectivity index (χ1) is 21.4. The number of carbonyl (C=O) groups excluding carboxylic acids is 4. The molecular formula is C35H47NO10. The first-order valence-electron chi connectivity index (χ1n) is 15.7. The highest BCUT2D eigenvalue weighted by Crippen LogP contribution is 2.53. The van der Waals surface area contributed by atoms with Crippen molar-refractivity contribution in [3.63, 3.8) is 0 Å². The summed E-state index contributed by atoms with van der Waals surface area (Å²) >= 11 is 0. The number of rotatable bonds is 7. The maximum Gasteiger partial charge on any atom is 0.337 e. The summed E-state index contributed by atoms with van der Waals surface area (Å²) in [7, 11) is 3.46. The zero-order valence-corrected chi connectivity index (χ0v) is 27.9. The fourth-order valence-corrected chi connectivity index (χ4v) is 7.67. The Morgan fingerprint density at radius 1 is 0.935 bits per heavy atom. The molecule has 1 saturated carbocycles. The van der Waals surface area contributed by atoms with E-state index in [1.54, 1.807) is 63.2 Å². The normalized spacial score (nSPS) is 33.3. The van der Waals surface area contributed by atoms with Crippen LogP contribution in [0.2, 0.25) is 0 Å². The number of fused-ring (bicyclic) bond motifs is 4. The van der Waals surface area contributed by atoms with Gasteiger partial charge in [-0.15, -0.1) is 0 Å². The second-order valence-electron chi connectivity index (χ2n) is 13.9. The second-order valence-corrected chi connectivity index (χ2v) is 13.9. The smallest absolute Gasteiger partial charge is 0.337 e. The molecule has 1 aromatic rings. The molecule has 0 amide bonds. The third-order valence-corrected chi connectivity index (χ3v) is 10.1. The zero-order valence-electron chi connectivity index (χ0n) is 27.9. The van der Waals surface area contributed by atoms with Gasteiger partial charge in [0.1, 0.15) is 24.4 Å². The lowest BCUT2D eigenvalue weighted by atomic mass is 9.57. The average Bonchev–Trinajstić information content (AvgIpc) is 2.95. The molecule has 1 aromatic carbocycles. The molecule has 9 atom stereocenters. The number of hydrogen-bond acceptors (Lipinski definition) is 11. The Bertz CT molecular complexity index is 1420. The number of likely N-dealkylation sites (N-methyl/N-ethyl adjacent to an activating group) is 1. The molecule has 46 heavy (non-hydrogen) atoms. The third-order valence-electron chi connectivity index (χ3n) is 10.1. The molecule has 0 aromatic heterocycles. The van der Waals surface area contributed by atoms with Crippen LogP contribution in [-0.2, 0) is 33.4 Å². The lowest BCUT2D eigenvalue weighted by Crippen LogP contribution is -2.56. The number of benzene rings is 1.